The average molecular weight is 336 g/mol. The molecule has 0 aromatic heterocycles. The topological polar surface area (TPSA) is 37.4 Å². The second-order valence-corrected chi connectivity index (χ2v) is 6.64. The van der Waals surface area contributed by atoms with Crippen LogP contribution in [0.25, 0.3) is 0 Å². The molecular weight excluding hydrogens is 324 g/mol. The second kappa shape index (κ2) is 6.33. The summed E-state index contributed by atoms with van der Waals surface area (Å²) < 4.78 is 14.0. The Labute approximate surface area is 130 Å². The molecule has 0 N–H and O–H groups in total. The molecule has 1 fully saturated rings. The number of nitrogens with zero attached hydrogens (tertiary/aromatic N) is 1. The second-order valence-electron chi connectivity index (χ2n) is 4.60. The molecule has 0 aliphatic carbocycles. The molecule has 0 saturated carbocycles. The highest BCUT2D eigenvalue weighted by molar-refractivity contribution is 8.13. The Kier molecular flexibility index (Phi) is 4.94. The van der Waals surface area contributed by atoms with E-state index in [-0.39, 0.29) is 32.7 Å². The van der Waals surface area contributed by atoms with Crippen molar-refractivity contribution in [2.75, 3.05) is 17.2 Å². The molecule has 1 saturated heterocycles. The van der Waals surface area contributed by atoms with Crippen molar-refractivity contribution in [3.8, 4) is 0 Å². The minimum absolute atomic E-state index is 0.00612. The lowest BCUT2D eigenvalue weighted by Gasteiger charge is -2.19. The standard InChI is InChI=1S/C13H12Cl2FNO2S/c1-7(18)20-6-8-2-12(19)17(5-8)13-10(15)3-9(14)4-11(13)16/h3-4,8H,2,5-6H2,1H3. The molecule has 0 spiro atoms. The maximum absolute atomic E-state index is 14.0. The van der Waals surface area contributed by atoms with E-state index in [0.29, 0.717) is 18.7 Å². The van der Waals surface area contributed by atoms with E-state index >= 15 is 0 Å². The van der Waals surface area contributed by atoms with Gasteiger partial charge in [0.1, 0.15) is 5.82 Å². The summed E-state index contributed by atoms with van der Waals surface area (Å²) in [6.07, 6.45) is 0.290. The molecule has 20 heavy (non-hydrogen) atoms. The molecule has 7 heteroatoms. The Morgan fingerprint density at radius 1 is 1.50 bits per heavy atom. The molecule has 1 aromatic carbocycles. The Bertz CT molecular complexity index is 544. The van der Waals surface area contributed by atoms with Gasteiger partial charge in [-0.05, 0) is 18.1 Å². The zero-order chi connectivity index (χ0) is 14.9. The number of hydrogen-bond acceptors (Lipinski definition) is 3. The van der Waals surface area contributed by atoms with Gasteiger partial charge in [-0.25, -0.2) is 4.39 Å². The molecule has 1 atom stereocenters. The fraction of sp³-hybridized carbons (Fsp3) is 0.385. The van der Waals surface area contributed by atoms with Gasteiger partial charge in [0.25, 0.3) is 0 Å². The number of hydrogen-bond donors (Lipinski definition) is 0. The summed E-state index contributed by atoms with van der Waals surface area (Å²) in [6, 6.07) is 2.54. The van der Waals surface area contributed by atoms with E-state index in [1.54, 1.807) is 0 Å². The molecule has 1 unspecified atom stereocenters. The monoisotopic (exact) mass is 335 g/mol. The van der Waals surface area contributed by atoms with E-state index in [2.05, 4.69) is 0 Å². The number of benzene rings is 1. The third kappa shape index (κ3) is 3.45. The van der Waals surface area contributed by atoms with Crippen molar-refractivity contribution in [3.63, 3.8) is 0 Å². The van der Waals surface area contributed by atoms with Crippen LogP contribution in [-0.4, -0.2) is 23.3 Å². The van der Waals surface area contributed by atoms with Crippen LogP contribution < -0.4 is 4.90 Å². The first kappa shape index (κ1) is 15.6. The molecule has 3 nitrogen and oxygen atoms in total. The maximum atomic E-state index is 14.0. The van der Waals surface area contributed by atoms with Gasteiger partial charge in [-0.15, -0.1) is 0 Å². The normalized spacial score (nSPS) is 18.7. The molecule has 108 valence electrons. The molecule has 0 radical (unpaired) electrons. The van der Waals surface area contributed by atoms with Crippen LogP contribution in [0.4, 0.5) is 10.1 Å². The van der Waals surface area contributed by atoms with Crippen molar-refractivity contribution < 1.29 is 14.0 Å². The Morgan fingerprint density at radius 2 is 2.20 bits per heavy atom. The fourth-order valence-corrected chi connectivity index (χ4v) is 3.40. The lowest BCUT2D eigenvalue weighted by atomic mass is 10.1. The van der Waals surface area contributed by atoms with Crippen LogP contribution in [-0.2, 0) is 9.59 Å². The Hall–Kier alpha value is -0.780. The highest BCUT2D eigenvalue weighted by Crippen LogP contribution is 2.36. The number of amides is 1. The Morgan fingerprint density at radius 3 is 2.80 bits per heavy atom. The molecule has 1 amide bonds. The summed E-state index contributed by atoms with van der Waals surface area (Å²) in [6.45, 7) is 1.84. The molecule has 1 aliphatic rings. The van der Waals surface area contributed by atoms with Crippen LogP contribution in [0.2, 0.25) is 10.0 Å². The average Bonchev–Trinajstić information content (AvgIpc) is 2.67. The van der Waals surface area contributed by atoms with Crippen molar-refractivity contribution in [3.05, 3.63) is 28.0 Å². The lowest BCUT2D eigenvalue weighted by Crippen LogP contribution is -2.26. The molecular formula is C13H12Cl2FNO2S. The van der Waals surface area contributed by atoms with Gasteiger partial charge in [0.05, 0.1) is 10.7 Å². The first-order valence-electron chi connectivity index (χ1n) is 5.96. The van der Waals surface area contributed by atoms with E-state index in [1.807, 2.05) is 0 Å². The van der Waals surface area contributed by atoms with Crippen molar-refractivity contribution in [2.45, 2.75) is 13.3 Å². The molecule has 1 aromatic rings. The number of carbonyl (C=O) groups is 2. The highest BCUT2D eigenvalue weighted by Gasteiger charge is 2.33. The van der Waals surface area contributed by atoms with Gasteiger partial charge >= 0.3 is 0 Å². The van der Waals surface area contributed by atoms with E-state index in [1.165, 1.54) is 29.7 Å². The van der Waals surface area contributed by atoms with Crippen LogP contribution >= 0.6 is 35.0 Å². The summed E-state index contributed by atoms with van der Waals surface area (Å²) >= 11 is 12.9. The van der Waals surface area contributed by atoms with Crippen molar-refractivity contribution in [2.24, 2.45) is 5.92 Å². The highest BCUT2D eigenvalue weighted by atomic mass is 35.5. The molecule has 1 aliphatic heterocycles. The predicted molar refractivity (Wildman–Crippen MR) is 80.0 cm³/mol. The summed E-state index contributed by atoms with van der Waals surface area (Å²) in [5.74, 6) is -0.245. The van der Waals surface area contributed by atoms with Crippen LogP contribution in [0.15, 0.2) is 12.1 Å². The number of anilines is 1. The summed E-state index contributed by atoms with van der Waals surface area (Å²) in [5, 5.41) is 0.307. The van der Waals surface area contributed by atoms with Gasteiger partial charge in [-0.3, -0.25) is 9.59 Å². The van der Waals surface area contributed by atoms with Crippen LogP contribution in [0, 0.1) is 11.7 Å². The van der Waals surface area contributed by atoms with E-state index in [0.717, 1.165) is 6.07 Å². The minimum Gasteiger partial charge on any atom is -0.308 e. The summed E-state index contributed by atoms with van der Waals surface area (Å²) in [4.78, 5) is 24.3. The SMILES string of the molecule is CC(=O)SCC1CC(=O)N(c2c(F)cc(Cl)cc2Cl)C1. The van der Waals surface area contributed by atoms with Crippen molar-refractivity contribution in [1.29, 1.82) is 0 Å². The lowest BCUT2D eigenvalue weighted by molar-refractivity contribution is -0.117. The first-order chi connectivity index (χ1) is 9.38. The van der Waals surface area contributed by atoms with Gasteiger partial charge in [0, 0.05) is 30.7 Å². The van der Waals surface area contributed by atoms with E-state index in [9.17, 15) is 14.0 Å². The van der Waals surface area contributed by atoms with Gasteiger partial charge in [0.15, 0.2) is 5.12 Å². The van der Waals surface area contributed by atoms with Gasteiger partial charge in [-0.2, -0.15) is 0 Å². The number of thioether (sulfide) groups is 1. The largest absolute Gasteiger partial charge is 0.308 e. The summed E-state index contributed by atoms with van der Waals surface area (Å²) in [7, 11) is 0. The molecule has 0 bridgehead atoms. The fourth-order valence-electron chi connectivity index (χ4n) is 2.14. The zero-order valence-corrected chi connectivity index (χ0v) is 13.0. The predicted octanol–water partition coefficient (Wildman–Crippen LogP) is 3.77. The van der Waals surface area contributed by atoms with Crippen LogP contribution in [0.3, 0.4) is 0 Å². The minimum atomic E-state index is -0.615. The van der Waals surface area contributed by atoms with Gasteiger partial charge < -0.3 is 4.90 Å². The molecule has 2 rings (SSSR count). The maximum Gasteiger partial charge on any atom is 0.227 e. The van der Waals surface area contributed by atoms with E-state index in [4.69, 9.17) is 23.2 Å². The zero-order valence-electron chi connectivity index (χ0n) is 10.7. The van der Waals surface area contributed by atoms with Gasteiger partial charge in [0.2, 0.25) is 5.91 Å². The Balaban J connectivity index is 2.18. The third-order valence-corrected chi connectivity index (χ3v) is 4.53. The van der Waals surface area contributed by atoms with Crippen molar-refractivity contribution >= 4 is 51.7 Å². The summed E-state index contributed by atoms with van der Waals surface area (Å²) in [5.41, 5.74) is 0.0661. The number of halogens is 3. The smallest absolute Gasteiger partial charge is 0.227 e. The van der Waals surface area contributed by atoms with Gasteiger partial charge in [-0.1, -0.05) is 35.0 Å². The van der Waals surface area contributed by atoms with E-state index < -0.39 is 5.82 Å². The van der Waals surface area contributed by atoms with Crippen molar-refractivity contribution in [1.82, 2.24) is 0 Å². The number of rotatable bonds is 3. The van der Waals surface area contributed by atoms with Crippen LogP contribution in [0.1, 0.15) is 13.3 Å². The molecule has 1 heterocycles. The quantitative estimate of drug-likeness (QED) is 0.843. The number of carbonyl (C=O) groups excluding carboxylic acids is 2. The first-order valence-corrected chi connectivity index (χ1v) is 7.71. The third-order valence-electron chi connectivity index (χ3n) is 2.98. The van der Waals surface area contributed by atoms with Crippen LogP contribution in [0.5, 0.6) is 0 Å².